The Balaban J connectivity index is 1.40. The number of fused-ring (bicyclic) bond motifs is 3. The molecule has 13 nitrogen and oxygen atoms in total. The molecule has 0 aliphatic heterocycles. The summed E-state index contributed by atoms with van der Waals surface area (Å²) in [6.07, 6.45) is 2.74. The van der Waals surface area contributed by atoms with Crippen LogP contribution in [0.3, 0.4) is 0 Å². The molecule has 0 saturated carbocycles. The second kappa shape index (κ2) is 15.5. The predicted octanol–water partition coefficient (Wildman–Crippen LogP) is 5.34. The fourth-order valence-electron chi connectivity index (χ4n) is 5.68. The number of esters is 1. The van der Waals surface area contributed by atoms with Crippen LogP contribution in [0.25, 0.3) is 11.1 Å². The van der Waals surface area contributed by atoms with E-state index in [9.17, 15) is 24.5 Å². The molecule has 0 spiro atoms. The number of rotatable bonds is 12. The van der Waals surface area contributed by atoms with Crippen molar-refractivity contribution in [2.75, 3.05) is 27.6 Å². The van der Waals surface area contributed by atoms with Gasteiger partial charge in [-0.3, -0.25) is 9.59 Å². The summed E-state index contributed by atoms with van der Waals surface area (Å²) < 4.78 is 22.5. The molecular weight excluding hydrogens is 654 g/mol. The van der Waals surface area contributed by atoms with E-state index in [0.29, 0.717) is 51.8 Å². The van der Waals surface area contributed by atoms with Crippen LogP contribution in [-0.2, 0) is 29.2 Å². The molecule has 1 N–H and O–H groups in total. The van der Waals surface area contributed by atoms with Crippen LogP contribution in [0.2, 0.25) is 0 Å². The highest BCUT2D eigenvalue weighted by Gasteiger charge is 2.30. The Hall–Kier alpha value is -5.63. The Bertz CT molecular complexity index is 1970. The number of aromatic nitrogens is 1. The topological polar surface area (TPSA) is 165 Å². The highest BCUT2D eigenvalue weighted by atomic mass is 32.2. The molecule has 0 bridgehead atoms. The summed E-state index contributed by atoms with van der Waals surface area (Å²) in [6, 6.07) is 17.3. The average molecular weight is 688 g/mol. The van der Waals surface area contributed by atoms with Crippen LogP contribution in [0, 0.1) is 10.1 Å². The summed E-state index contributed by atoms with van der Waals surface area (Å²) in [7, 11) is 4.62. The average Bonchev–Trinajstić information content (AvgIpc) is 3.36. The minimum atomic E-state index is -0.915. The molecule has 1 heterocycles. The molecule has 0 saturated heterocycles. The van der Waals surface area contributed by atoms with Gasteiger partial charge in [0.25, 0.3) is 11.0 Å². The monoisotopic (exact) mass is 687 g/mol. The minimum absolute atomic E-state index is 0.0872. The number of methoxy groups -OCH3 is 3. The van der Waals surface area contributed by atoms with Gasteiger partial charge in [-0.15, -0.1) is 21.9 Å². The molecule has 0 fully saturated rings. The van der Waals surface area contributed by atoms with Gasteiger partial charge in [0.05, 0.1) is 43.5 Å². The molecule has 3 aromatic carbocycles. The lowest BCUT2D eigenvalue weighted by atomic mass is 9.96. The maximum absolute atomic E-state index is 13.7. The zero-order chi connectivity index (χ0) is 35.1. The first-order valence-corrected chi connectivity index (χ1v) is 16.2. The first kappa shape index (κ1) is 34.7. The molecule has 1 aliphatic carbocycles. The SMILES string of the molecule is COc1cc2c(c(OC)c1OC)CC[C@H](NC(=O)c1cccc(COC(=O)c3cccc(CO[N+](=O)[O-])c3)n1)c1cc(=O)c(SC)ccc1-2. The van der Waals surface area contributed by atoms with Gasteiger partial charge in [0.2, 0.25) is 5.75 Å². The standard InChI is InChI=1S/C35H33N3O10S/c1-44-30-17-25-23-12-14-31(49-4)29(39)16-26(23)27(13-11-24(25)32(45-2)33(30)46-3)37-34(40)28-10-6-9-22(36-28)19-47-35(41)21-8-5-7-20(15-21)18-48-38(42)43/h5-10,12,14-17,27H,11,13,18-19H2,1-4H3,(H,37,40)/t27-/m0/s1. The van der Waals surface area contributed by atoms with Crippen LogP contribution < -0.4 is 25.0 Å². The van der Waals surface area contributed by atoms with Crippen LogP contribution in [-0.4, -0.2) is 49.5 Å². The second-order valence-electron chi connectivity index (χ2n) is 10.8. The van der Waals surface area contributed by atoms with Crippen molar-refractivity contribution < 1.29 is 38.5 Å². The predicted molar refractivity (Wildman–Crippen MR) is 180 cm³/mol. The Labute approximate surface area is 285 Å². The van der Waals surface area contributed by atoms with Crippen LogP contribution in [0.4, 0.5) is 0 Å². The third-order valence-corrected chi connectivity index (χ3v) is 8.72. The van der Waals surface area contributed by atoms with Gasteiger partial charge in [-0.25, -0.2) is 9.78 Å². The number of thioether (sulfide) groups is 1. The van der Waals surface area contributed by atoms with E-state index in [1.54, 1.807) is 49.6 Å². The number of amides is 1. The molecular formula is C35H33N3O10S. The fraction of sp³-hybridized carbons (Fsp3) is 0.257. The molecule has 1 atom stereocenters. The number of carbonyl (C=O) groups excluding carboxylic acids is 2. The number of hydrogen-bond acceptors (Lipinski definition) is 12. The molecule has 5 rings (SSSR count). The van der Waals surface area contributed by atoms with Crippen LogP contribution >= 0.6 is 11.8 Å². The van der Waals surface area contributed by atoms with Gasteiger partial charge in [-0.2, -0.15) is 0 Å². The molecule has 4 aromatic rings. The van der Waals surface area contributed by atoms with E-state index in [2.05, 4.69) is 15.1 Å². The minimum Gasteiger partial charge on any atom is -0.493 e. The molecule has 0 radical (unpaired) electrons. The second-order valence-corrected chi connectivity index (χ2v) is 11.7. The van der Waals surface area contributed by atoms with E-state index in [1.165, 1.54) is 38.1 Å². The first-order valence-electron chi connectivity index (χ1n) is 15.0. The Kier molecular flexibility index (Phi) is 11.0. The van der Waals surface area contributed by atoms with Crippen molar-refractivity contribution in [3.8, 4) is 28.4 Å². The zero-order valence-electron chi connectivity index (χ0n) is 27.1. The van der Waals surface area contributed by atoms with Gasteiger partial charge in [-0.05, 0) is 83.8 Å². The van der Waals surface area contributed by atoms with Gasteiger partial charge >= 0.3 is 5.97 Å². The summed E-state index contributed by atoms with van der Waals surface area (Å²) in [6.45, 7) is -0.541. The maximum atomic E-state index is 13.7. The number of ether oxygens (including phenoxy) is 4. The largest absolute Gasteiger partial charge is 0.493 e. The van der Waals surface area contributed by atoms with Crippen molar-refractivity contribution in [1.29, 1.82) is 0 Å². The van der Waals surface area contributed by atoms with E-state index in [-0.39, 0.29) is 29.9 Å². The van der Waals surface area contributed by atoms with E-state index in [4.69, 9.17) is 18.9 Å². The number of nitrogens with zero attached hydrogens (tertiary/aromatic N) is 2. The lowest BCUT2D eigenvalue weighted by Crippen LogP contribution is -2.30. The van der Waals surface area contributed by atoms with Crippen LogP contribution in [0.5, 0.6) is 17.2 Å². The summed E-state index contributed by atoms with van der Waals surface area (Å²) in [5, 5.41) is 12.7. The molecule has 14 heteroatoms. The fourth-order valence-corrected chi connectivity index (χ4v) is 6.15. The summed E-state index contributed by atoms with van der Waals surface area (Å²) in [5.74, 6) is 0.252. The normalized spacial score (nSPS) is 13.2. The number of nitrogens with one attached hydrogen (secondary N) is 1. The molecule has 1 amide bonds. The van der Waals surface area contributed by atoms with Crippen molar-refractivity contribution in [3.05, 3.63) is 121 Å². The summed E-state index contributed by atoms with van der Waals surface area (Å²) in [4.78, 5) is 59.5. The Morgan fingerprint density at radius 2 is 1.73 bits per heavy atom. The smallest absolute Gasteiger partial charge is 0.338 e. The number of pyridine rings is 1. The lowest BCUT2D eigenvalue weighted by Gasteiger charge is -2.19. The van der Waals surface area contributed by atoms with E-state index in [0.717, 1.165) is 16.7 Å². The van der Waals surface area contributed by atoms with E-state index >= 15 is 0 Å². The zero-order valence-corrected chi connectivity index (χ0v) is 28.0. The van der Waals surface area contributed by atoms with Gasteiger partial charge in [0, 0.05) is 5.56 Å². The van der Waals surface area contributed by atoms with Crippen molar-refractivity contribution in [1.82, 2.24) is 10.3 Å². The summed E-state index contributed by atoms with van der Waals surface area (Å²) >= 11 is 1.33. The van der Waals surface area contributed by atoms with Gasteiger partial charge in [-0.1, -0.05) is 24.3 Å². The number of hydrogen-bond donors (Lipinski definition) is 1. The van der Waals surface area contributed by atoms with Crippen molar-refractivity contribution in [2.45, 2.75) is 37.0 Å². The lowest BCUT2D eigenvalue weighted by molar-refractivity contribution is -0.763. The van der Waals surface area contributed by atoms with Gasteiger partial charge in [0.1, 0.15) is 18.9 Å². The summed E-state index contributed by atoms with van der Waals surface area (Å²) in [5.41, 5.74) is 3.83. The Morgan fingerprint density at radius 3 is 2.45 bits per heavy atom. The molecule has 1 aliphatic rings. The quantitative estimate of drug-likeness (QED) is 0.0881. The number of carbonyl (C=O) groups is 2. The highest BCUT2D eigenvalue weighted by Crippen LogP contribution is 2.49. The molecule has 49 heavy (non-hydrogen) atoms. The van der Waals surface area contributed by atoms with Crippen molar-refractivity contribution >= 4 is 23.6 Å². The third kappa shape index (κ3) is 7.75. The van der Waals surface area contributed by atoms with E-state index < -0.39 is 23.0 Å². The highest BCUT2D eigenvalue weighted by molar-refractivity contribution is 7.98. The first-order chi connectivity index (χ1) is 23.7. The number of benzene rings is 2. The van der Waals surface area contributed by atoms with Gasteiger partial charge in [0.15, 0.2) is 16.9 Å². The molecule has 1 aromatic heterocycles. The van der Waals surface area contributed by atoms with Crippen LogP contribution in [0.15, 0.2) is 76.4 Å². The van der Waals surface area contributed by atoms with Crippen molar-refractivity contribution in [3.63, 3.8) is 0 Å². The molecule has 254 valence electrons. The van der Waals surface area contributed by atoms with Gasteiger partial charge < -0.3 is 29.1 Å². The maximum Gasteiger partial charge on any atom is 0.338 e. The van der Waals surface area contributed by atoms with Crippen molar-refractivity contribution in [2.24, 2.45) is 0 Å². The van der Waals surface area contributed by atoms with Crippen LogP contribution in [0.1, 0.15) is 55.7 Å². The Morgan fingerprint density at radius 1 is 0.959 bits per heavy atom. The van der Waals surface area contributed by atoms with E-state index in [1.807, 2.05) is 18.4 Å². The third-order valence-electron chi connectivity index (χ3n) is 7.94. The molecule has 0 unspecified atom stereocenters.